The van der Waals surface area contributed by atoms with Crippen molar-refractivity contribution in [1.82, 2.24) is 0 Å². The first kappa shape index (κ1) is 25.3. The Morgan fingerprint density at radius 2 is 1.70 bits per heavy atom. The van der Waals surface area contributed by atoms with Crippen LogP contribution in [0.4, 0.5) is 0 Å². The lowest BCUT2D eigenvalue weighted by Gasteiger charge is -2.31. The van der Waals surface area contributed by atoms with Gasteiger partial charge in [0, 0.05) is 12.0 Å². The molecule has 0 spiro atoms. The second kappa shape index (κ2) is 10.9. The van der Waals surface area contributed by atoms with Crippen molar-refractivity contribution in [2.45, 2.75) is 65.9 Å². The molecule has 0 aliphatic heterocycles. The van der Waals surface area contributed by atoms with E-state index in [4.69, 9.17) is 14.2 Å². The van der Waals surface area contributed by atoms with Crippen LogP contribution in [0, 0.1) is 5.41 Å². The molecule has 0 amide bonds. The predicted molar refractivity (Wildman–Crippen MR) is 111 cm³/mol. The summed E-state index contributed by atoms with van der Waals surface area (Å²) in [5.41, 5.74) is -2.69. The number of hydrogen-bond acceptors (Lipinski definition) is 7. The molecule has 0 saturated heterocycles. The van der Waals surface area contributed by atoms with Crippen molar-refractivity contribution >= 4 is 23.5 Å². The highest BCUT2D eigenvalue weighted by atomic mass is 16.6. The molecule has 1 aromatic rings. The fourth-order valence-corrected chi connectivity index (χ4v) is 3.06. The normalized spacial score (nSPS) is 13.1. The van der Waals surface area contributed by atoms with Gasteiger partial charge in [-0.2, -0.15) is 0 Å². The topological polar surface area (TPSA) is 96.0 Å². The fraction of sp³-hybridized carbons (Fsp3) is 0.565. The highest BCUT2D eigenvalue weighted by Gasteiger charge is 2.52. The van der Waals surface area contributed by atoms with Gasteiger partial charge in [-0.15, -0.1) is 0 Å². The smallest absolute Gasteiger partial charge is 0.328 e. The lowest BCUT2D eigenvalue weighted by Crippen LogP contribution is -2.48. The summed E-state index contributed by atoms with van der Waals surface area (Å²) in [5, 5.41) is 0. The molecule has 0 radical (unpaired) electrons. The van der Waals surface area contributed by atoms with Crippen molar-refractivity contribution in [3.05, 3.63) is 29.8 Å². The van der Waals surface area contributed by atoms with Crippen molar-refractivity contribution in [2.24, 2.45) is 5.41 Å². The van der Waals surface area contributed by atoms with Crippen molar-refractivity contribution in [3.8, 4) is 5.75 Å². The molecule has 0 N–H and O–H groups in total. The van der Waals surface area contributed by atoms with E-state index in [0.717, 1.165) is 0 Å². The summed E-state index contributed by atoms with van der Waals surface area (Å²) in [6.45, 7) is 8.23. The minimum absolute atomic E-state index is 0.0628. The Morgan fingerprint density at radius 1 is 1.03 bits per heavy atom. The third-order valence-corrected chi connectivity index (χ3v) is 4.56. The summed E-state index contributed by atoms with van der Waals surface area (Å²) >= 11 is 0. The van der Waals surface area contributed by atoms with Crippen LogP contribution in [0.25, 0.3) is 0 Å². The third-order valence-electron chi connectivity index (χ3n) is 4.56. The van der Waals surface area contributed by atoms with E-state index >= 15 is 0 Å². The lowest BCUT2D eigenvalue weighted by molar-refractivity contribution is -0.167. The molecule has 166 valence electrons. The summed E-state index contributed by atoms with van der Waals surface area (Å²) in [7, 11) is 1.46. The Bertz CT molecular complexity index is 776. The van der Waals surface area contributed by atoms with E-state index < -0.39 is 28.6 Å². The molecule has 0 heterocycles. The minimum Gasteiger partial charge on any atom is -0.497 e. The van der Waals surface area contributed by atoms with Gasteiger partial charge >= 0.3 is 11.9 Å². The lowest BCUT2D eigenvalue weighted by atomic mass is 9.73. The monoisotopic (exact) mass is 420 g/mol. The fourth-order valence-electron chi connectivity index (χ4n) is 3.06. The number of benzene rings is 1. The predicted octanol–water partition coefficient (Wildman–Crippen LogP) is 3.92. The van der Waals surface area contributed by atoms with Gasteiger partial charge in [-0.3, -0.25) is 19.2 Å². The van der Waals surface area contributed by atoms with Crippen LogP contribution in [-0.2, 0) is 23.9 Å². The van der Waals surface area contributed by atoms with Crippen LogP contribution >= 0.6 is 0 Å². The van der Waals surface area contributed by atoms with Crippen LogP contribution in [0.2, 0.25) is 0 Å². The molecule has 0 saturated carbocycles. The van der Waals surface area contributed by atoms with Crippen molar-refractivity contribution in [3.63, 3.8) is 0 Å². The highest BCUT2D eigenvalue weighted by molar-refractivity contribution is 6.26. The maximum absolute atomic E-state index is 13.5. The van der Waals surface area contributed by atoms with E-state index in [9.17, 15) is 19.2 Å². The number of rotatable bonds is 11. The second-order valence-electron chi connectivity index (χ2n) is 8.04. The van der Waals surface area contributed by atoms with Crippen LogP contribution < -0.4 is 4.74 Å². The standard InChI is InChI=1S/C23H32O7/c1-7-29-19(25)13-8-9-14-23(16(2)24,21(27)30-22(3,4)5)20(26)17-11-10-12-18(15-17)28-6/h10-12,15H,7-9,13-14H2,1-6H3. The number of ether oxygens (including phenoxy) is 3. The number of carbonyl (C=O) groups excluding carboxylic acids is 4. The Hall–Kier alpha value is -2.70. The summed E-state index contributed by atoms with van der Waals surface area (Å²) in [6, 6.07) is 6.31. The van der Waals surface area contributed by atoms with Gasteiger partial charge in [0.15, 0.2) is 17.0 Å². The molecule has 30 heavy (non-hydrogen) atoms. The number of Topliss-reactive ketones (excluding diaryl/α,β-unsaturated/α-hetero) is 2. The SMILES string of the molecule is CCOC(=O)CCCCC(C(C)=O)(C(=O)OC(C)(C)C)C(=O)c1cccc(OC)c1. The van der Waals surface area contributed by atoms with Gasteiger partial charge in [0.2, 0.25) is 0 Å². The third kappa shape index (κ3) is 6.68. The van der Waals surface area contributed by atoms with Crippen LogP contribution in [-0.4, -0.2) is 42.8 Å². The van der Waals surface area contributed by atoms with Gasteiger partial charge in [-0.25, -0.2) is 0 Å². The molecule has 1 rings (SSSR count). The maximum Gasteiger partial charge on any atom is 0.328 e. The number of esters is 2. The van der Waals surface area contributed by atoms with Crippen LogP contribution in [0.5, 0.6) is 5.75 Å². The second-order valence-corrected chi connectivity index (χ2v) is 8.04. The van der Waals surface area contributed by atoms with Crippen molar-refractivity contribution < 1.29 is 33.4 Å². The van der Waals surface area contributed by atoms with Crippen molar-refractivity contribution in [2.75, 3.05) is 13.7 Å². The molecule has 7 nitrogen and oxygen atoms in total. The average molecular weight is 421 g/mol. The largest absolute Gasteiger partial charge is 0.497 e. The minimum atomic E-state index is -1.99. The number of methoxy groups -OCH3 is 1. The van der Waals surface area contributed by atoms with E-state index in [2.05, 4.69) is 0 Å². The maximum atomic E-state index is 13.5. The van der Waals surface area contributed by atoms with E-state index in [1.807, 2.05) is 0 Å². The summed E-state index contributed by atoms with van der Waals surface area (Å²) < 4.78 is 15.5. The zero-order valence-corrected chi connectivity index (χ0v) is 18.7. The van der Waals surface area contributed by atoms with Crippen LogP contribution in [0.3, 0.4) is 0 Å². The highest BCUT2D eigenvalue weighted by Crippen LogP contribution is 2.35. The molecule has 7 heteroatoms. The Balaban J connectivity index is 3.26. The zero-order valence-electron chi connectivity index (χ0n) is 18.7. The first-order valence-corrected chi connectivity index (χ1v) is 10.1. The Kier molecular flexibility index (Phi) is 9.21. The van der Waals surface area contributed by atoms with E-state index in [0.29, 0.717) is 18.6 Å². The molecule has 0 aliphatic rings. The van der Waals surface area contributed by atoms with E-state index in [1.165, 1.54) is 26.2 Å². The molecule has 0 aliphatic carbocycles. The number of carbonyl (C=O) groups is 4. The molecule has 0 bridgehead atoms. The van der Waals surface area contributed by atoms with Gasteiger partial charge in [0.25, 0.3) is 0 Å². The molecule has 1 atom stereocenters. The number of unbranched alkanes of at least 4 members (excludes halogenated alkanes) is 1. The first-order valence-electron chi connectivity index (χ1n) is 10.1. The van der Waals surface area contributed by atoms with Crippen LogP contribution in [0.15, 0.2) is 24.3 Å². The average Bonchev–Trinajstić information content (AvgIpc) is 2.66. The Morgan fingerprint density at radius 3 is 2.23 bits per heavy atom. The summed E-state index contributed by atoms with van der Waals surface area (Å²) in [5.74, 6) is -2.04. The molecule has 1 unspecified atom stereocenters. The van der Waals surface area contributed by atoms with E-state index in [1.54, 1.807) is 39.8 Å². The first-order chi connectivity index (χ1) is 14.0. The van der Waals surface area contributed by atoms with Gasteiger partial charge in [0.05, 0.1) is 13.7 Å². The summed E-state index contributed by atoms with van der Waals surface area (Å²) in [6.07, 6.45) is 0.756. The van der Waals surface area contributed by atoms with Gasteiger partial charge in [-0.05, 0) is 59.6 Å². The van der Waals surface area contributed by atoms with Crippen molar-refractivity contribution in [1.29, 1.82) is 0 Å². The number of hydrogen-bond donors (Lipinski definition) is 0. The Labute approximate surface area is 178 Å². The summed E-state index contributed by atoms with van der Waals surface area (Å²) in [4.78, 5) is 50.9. The van der Waals surface area contributed by atoms with Crippen LogP contribution in [0.1, 0.15) is 70.7 Å². The van der Waals surface area contributed by atoms with E-state index in [-0.39, 0.29) is 31.0 Å². The number of ketones is 2. The van der Waals surface area contributed by atoms with Gasteiger partial charge < -0.3 is 14.2 Å². The zero-order chi connectivity index (χ0) is 22.9. The van der Waals surface area contributed by atoms with Gasteiger partial charge in [0.1, 0.15) is 11.4 Å². The quantitative estimate of drug-likeness (QED) is 0.232. The molecule has 1 aromatic carbocycles. The molecule has 0 aromatic heterocycles. The molecule has 0 fully saturated rings. The van der Waals surface area contributed by atoms with Gasteiger partial charge in [-0.1, -0.05) is 18.6 Å². The molecular formula is C23H32O7. The molecular weight excluding hydrogens is 388 g/mol.